The van der Waals surface area contributed by atoms with Crippen molar-refractivity contribution in [3.8, 4) is 5.75 Å². The molecule has 0 spiro atoms. The largest absolute Gasteiger partial charge is 0.496 e. The number of hydrogen-bond acceptors (Lipinski definition) is 1. The summed E-state index contributed by atoms with van der Waals surface area (Å²) in [6.45, 7) is 5.94. The Morgan fingerprint density at radius 1 is 1.47 bits per heavy atom. The first-order valence-electron chi connectivity index (χ1n) is 4.99. The number of benzene rings is 1. The number of aromatic nitrogens is 1. The van der Waals surface area contributed by atoms with Gasteiger partial charge in [-0.25, -0.2) is 0 Å². The van der Waals surface area contributed by atoms with Crippen molar-refractivity contribution in [3.63, 3.8) is 0 Å². The first-order chi connectivity index (χ1) is 7.20. The van der Waals surface area contributed by atoms with Crippen LogP contribution in [0.1, 0.15) is 12.6 Å². The van der Waals surface area contributed by atoms with E-state index in [0.29, 0.717) is 0 Å². The molecule has 1 heterocycles. The lowest BCUT2D eigenvalue weighted by Gasteiger charge is -1.99. The summed E-state index contributed by atoms with van der Waals surface area (Å²) in [6, 6.07) is 8.14. The molecule has 2 rings (SSSR count). The molecule has 0 aliphatic carbocycles. The van der Waals surface area contributed by atoms with Crippen LogP contribution in [0, 0.1) is 0 Å². The third kappa shape index (κ3) is 1.89. The van der Waals surface area contributed by atoms with Gasteiger partial charge in [0.05, 0.1) is 7.11 Å². The van der Waals surface area contributed by atoms with Crippen molar-refractivity contribution >= 4 is 10.9 Å². The molecule has 1 aromatic carbocycles. The maximum Gasteiger partial charge on any atom is 0.128 e. The molecule has 1 N–H and O–H groups in total. The quantitative estimate of drug-likeness (QED) is 0.757. The van der Waals surface area contributed by atoms with E-state index in [-0.39, 0.29) is 0 Å². The molecule has 0 atom stereocenters. The van der Waals surface area contributed by atoms with Crippen molar-refractivity contribution in [3.05, 3.63) is 42.1 Å². The summed E-state index contributed by atoms with van der Waals surface area (Å²) in [6.07, 6.45) is 0.887. The molecule has 78 valence electrons. The van der Waals surface area contributed by atoms with Crippen LogP contribution in [-0.4, -0.2) is 12.1 Å². The second-order valence-electron chi connectivity index (χ2n) is 3.85. The number of fused-ring (bicyclic) bond motifs is 1. The number of rotatable bonds is 3. The first kappa shape index (κ1) is 9.84. The zero-order valence-corrected chi connectivity index (χ0v) is 9.13. The fourth-order valence-corrected chi connectivity index (χ4v) is 1.78. The topological polar surface area (TPSA) is 25.0 Å². The van der Waals surface area contributed by atoms with Gasteiger partial charge in [0, 0.05) is 23.0 Å². The van der Waals surface area contributed by atoms with Crippen molar-refractivity contribution < 1.29 is 4.74 Å². The van der Waals surface area contributed by atoms with Gasteiger partial charge in [-0.3, -0.25) is 0 Å². The highest BCUT2D eigenvalue weighted by atomic mass is 16.5. The van der Waals surface area contributed by atoms with Gasteiger partial charge in [0.25, 0.3) is 0 Å². The van der Waals surface area contributed by atoms with Crippen molar-refractivity contribution in [2.45, 2.75) is 13.3 Å². The van der Waals surface area contributed by atoms with Crippen LogP contribution in [0.2, 0.25) is 0 Å². The van der Waals surface area contributed by atoms with Gasteiger partial charge in [-0.15, -0.1) is 0 Å². The molecule has 2 nitrogen and oxygen atoms in total. The first-order valence-corrected chi connectivity index (χ1v) is 4.99. The lowest BCUT2D eigenvalue weighted by atomic mass is 10.2. The minimum Gasteiger partial charge on any atom is -0.496 e. The van der Waals surface area contributed by atoms with Crippen LogP contribution in [0.25, 0.3) is 10.9 Å². The van der Waals surface area contributed by atoms with Gasteiger partial charge in [0.1, 0.15) is 5.75 Å². The molecule has 0 unspecified atom stereocenters. The Bertz CT molecular complexity index is 496. The SMILES string of the molecule is C=C(C)Cc1cc2c(OC)cccc2[nH]1. The van der Waals surface area contributed by atoms with Crippen LogP contribution in [0.3, 0.4) is 0 Å². The lowest BCUT2D eigenvalue weighted by Crippen LogP contribution is -1.83. The molecule has 0 bridgehead atoms. The molecule has 0 radical (unpaired) electrons. The summed E-state index contributed by atoms with van der Waals surface area (Å²) >= 11 is 0. The Hall–Kier alpha value is -1.70. The van der Waals surface area contributed by atoms with Crippen LogP contribution in [-0.2, 0) is 6.42 Å². The van der Waals surface area contributed by atoms with Crippen LogP contribution in [0.4, 0.5) is 0 Å². The average molecular weight is 201 g/mol. The van der Waals surface area contributed by atoms with E-state index in [0.717, 1.165) is 28.6 Å². The standard InChI is InChI=1S/C13H15NO/c1-9(2)7-10-8-11-12(14-10)5-4-6-13(11)15-3/h4-6,8,14H,1,7H2,2-3H3. The number of hydrogen-bond donors (Lipinski definition) is 1. The molecule has 2 heteroatoms. The summed E-state index contributed by atoms with van der Waals surface area (Å²) in [4.78, 5) is 3.36. The second kappa shape index (κ2) is 3.81. The summed E-state index contributed by atoms with van der Waals surface area (Å²) in [5.74, 6) is 0.914. The second-order valence-corrected chi connectivity index (χ2v) is 3.85. The van der Waals surface area contributed by atoms with E-state index in [9.17, 15) is 0 Å². The van der Waals surface area contributed by atoms with Crippen LogP contribution < -0.4 is 4.74 Å². The highest BCUT2D eigenvalue weighted by molar-refractivity contribution is 5.86. The Kier molecular flexibility index (Phi) is 2.50. The molecular weight excluding hydrogens is 186 g/mol. The molecule has 15 heavy (non-hydrogen) atoms. The van der Waals surface area contributed by atoms with Gasteiger partial charge in [-0.2, -0.15) is 0 Å². The summed E-state index contributed by atoms with van der Waals surface area (Å²) in [5.41, 5.74) is 3.45. The van der Waals surface area contributed by atoms with E-state index in [4.69, 9.17) is 4.74 Å². The van der Waals surface area contributed by atoms with E-state index in [1.807, 2.05) is 19.1 Å². The third-order valence-corrected chi connectivity index (χ3v) is 2.39. The van der Waals surface area contributed by atoms with Crippen molar-refractivity contribution in [1.29, 1.82) is 0 Å². The molecule has 0 amide bonds. The maximum atomic E-state index is 5.30. The van der Waals surface area contributed by atoms with E-state index in [1.165, 1.54) is 5.69 Å². The van der Waals surface area contributed by atoms with E-state index >= 15 is 0 Å². The third-order valence-electron chi connectivity index (χ3n) is 2.39. The molecule has 0 aliphatic heterocycles. The fraction of sp³-hybridized carbons (Fsp3) is 0.231. The zero-order valence-electron chi connectivity index (χ0n) is 9.13. The van der Waals surface area contributed by atoms with E-state index in [2.05, 4.69) is 23.7 Å². The molecule has 0 saturated heterocycles. The molecule has 1 aromatic heterocycles. The van der Waals surface area contributed by atoms with Crippen LogP contribution in [0.5, 0.6) is 5.75 Å². The van der Waals surface area contributed by atoms with Gasteiger partial charge < -0.3 is 9.72 Å². The number of H-pyrrole nitrogens is 1. The number of methoxy groups -OCH3 is 1. The van der Waals surface area contributed by atoms with Gasteiger partial charge in [0.2, 0.25) is 0 Å². The predicted octanol–water partition coefficient (Wildman–Crippen LogP) is 3.30. The number of ether oxygens (including phenoxy) is 1. The highest BCUT2D eigenvalue weighted by Crippen LogP contribution is 2.26. The maximum absolute atomic E-state index is 5.30. The Balaban J connectivity index is 2.50. The zero-order chi connectivity index (χ0) is 10.8. The normalized spacial score (nSPS) is 10.5. The van der Waals surface area contributed by atoms with Gasteiger partial charge in [-0.1, -0.05) is 18.2 Å². The number of nitrogens with one attached hydrogen (secondary N) is 1. The van der Waals surface area contributed by atoms with Crippen LogP contribution >= 0.6 is 0 Å². The Labute approximate surface area is 89.6 Å². The molecule has 0 fully saturated rings. The smallest absolute Gasteiger partial charge is 0.128 e. The van der Waals surface area contributed by atoms with E-state index in [1.54, 1.807) is 7.11 Å². The fourth-order valence-electron chi connectivity index (χ4n) is 1.78. The van der Waals surface area contributed by atoms with Gasteiger partial charge in [0.15, 0.2) is 0 Å². The lowest BCUT2D eigenvalue weighted by molar-refractivity contribution is 0.420. The Morgan fingerprint density at radius 2 is 2.27 bits per heavy atom. The van der Waals surface area contributed by atoms with Gasteiger partial charge >= 0.3 is 0 Å². The monoisotopic (exact) mass is 201 g/mol. The number of aromatic amines is 1. The average Bonchev–Trinajstić information content (AvgIpc) is 2.58. The molecular formula is C13H15NO. The van der Waals surface area contributed by atoms with Crippen molar-refractivity contribution in [2.24, 2.45) is 0 Å². The summed E-state index contributed by atoms with van der Waals surface area (Å²) in [5, 5.41) is 1.14. The summed E-state index contributed by atoms with van der Waals surface area (Å²) < 4.78 is 5.30. The van der Waals surface area contributed by atoms with Gasteiger partial charge in [-0.05, 0) is 25.1 Å². The number of allylic oxidation sites excluding steroid dienone is 1. The highest BCUT2D eigenvalue weighted by Gasteiger charge is 2.05. The minimum atomic E-state index is 0.887. The minimum absolute atomic E-state index is 0.887. The summed E-state index contributed by atoms with van der Waals surface area (Å²) in [7, 11) is 1.69. The molecule has 0 saturated carbocycles. The molecule has 0 aliphatic rings. The molecule has 2 aromatic rings. The van der Waals surface area contributed by atoms with Crippen molar-refractivity contribution in [2.75, 3.05) is 7.11 Å². The Morgan fingerprint density at radius 3 is 2.93 bits per heavy atom. The van der Waals surface area contributed by atoms with E-state index < -0.39 is 0 Å². The van der Waals surface area contributed by atoms with Crippen molar-refractivity contribution in [1.82, 2.24) is 4.98 Å². The predicted molar refractivity (Wildman–Crippen MR) is 63.4 cm³/mol. The van der Waals surface area contributed by atoms with Crippen LogP contribution in [0.15, 0.2) is 36.4 Å².